The second-order valence-corrected chi connectivity index (χ2v) is 5.01. The lowest BCUT2D eigenvalue weighted by Crippen LogP contribution is -2.30. The Balaban J connectivity index is 2.36. The average molecular weight is 317 g/mol. The van der Waals surface area contributed by atoms with Crippen molar-refractivity contribution in [3.63, 3.8) is 0 Å². The number of aliphatic hydroxyl groups excluding tert-OH is 2. The van der Waals surface area contributed by atoms with Crippen LogP contribution in [0.3, 0.4) is 0 Å². The van der Waals surface area contributed by atoms with Crippen molar-refractivity contribution >= 4 is 28.9 Å². The van der Waals surface area contributed by atoms with E-state index in [0.717, 1.165) is 6.07 Å². The van der Waals surface area contributed by atoms with E-state index in [-0.39, 0.29) is 29.4 Å². The molecule has 9 nitrogen and oxygen atoms in total. The molecule has 0 aromatic heterocycles. The molecule has 0 radical (unpaired) electrons. The molecule has 0 saturated carbocycles. The van der Waals surface area contributed by atoms with E-state index in [2.05, 4.69) is 5.43 Å². The summed E-state index contributed by atoms with van der Waals surface area (Å²) in [5.74, 6) is 4.60. The van der Waals surface area contributed by atoms with Crippen molar-refractivity contribution in [2.75, 3.05) is 18.5 Å². The molecule has 2 unspecified atom stereocenters. The van der Waals surface area contributed by atoms with Gasteiger partial charge in [-0.3, -0.25) is 20.8 Å². The van der Waals surface area contributed by atoms with Crippen LogP contribution in [0.25, 0.3) is 0 Å². The fourth-order valence-electron chi connectivity index (χ4n) is 2.12. The zero-order chi connectivity index (χ0) is 15.7. The summed E-state index contributed by atoms with van der Waals surface area (Å²) >= 11 is 5.87. The van der Waals surface area contributed by atoms with Gasteiger partial charge in [0.15, 0.2) is 0 Å². The normalized spacial score (nSPS) is 21.4. The smallest absolute Gasteiger partial charge is 0.295 e. The molecule has 0 aliphatic carbocycles. The molecular weight excluding hydrogens is 304 g/mol. The Morgan fingerprint density at radius 1 is 1.43 bits per heavy atom. The van der Waals surface area contributed by atoms with Crippen molar-refractivity contribution in [3.8, 4) is 0 Å². The van der Waals surface area contributed by atoms with Gasteiger partial charge < -0.3 is 20.5 Å². The molecule has 0 bridgehead atoms. The van der Waals surface area contributed by atoms with E-state index in [1.54, 1.807) is 0 Å². The fourth-order valence-corrected chi connectivity index (χ4v) is 2.39. The van der Waals surface area contributed by atoms with Gasteiger partial charge in [-0.1, -0.05) is 11.6 Å². The number of amides is 1. The highest BCUT2D eigenvalue weighted by molar-refractivity contribution is 6.34. The third-order valence-corrected chi connectivity index (χ3v) is 3.50. The van der Waals surface area contributed by atoms with Gasteiger partial charge >= 0.3 is 0 Å². The molecule has 2 rings (SSSR count). The van der Waals surface area contributed by atoms with Crippen LogP contribution in [0.15, 0.2) is 12.1 Å². The summed E-state index contributed by atoms with van der Waals surface area (Å²) in [6.45, 7) is -0.107. The number of carbonyl (C=O) groups excluding carboxylic acids is 1. The minimum Gasteiger partial charge on any atom is -0.388 e. The Morgan fingerprint density at radius 3 is 2.48 bits per heavy atom. The third kappa shape index (κ3) is 2.90. The number of anilines is 1. The van der Waals surface area contributed by atoms with Crippen LogP contribution < -0.4 is 11.3 Å². The van der Waals surface area contributed by atoms with Crippen LogP contribution in [-0.2, 0) is 0 Å². The summed E-state index contributed by atoms with van der Waals surface area (Å²) in [7, 11) is 0. The van der Waals surface area contributed by atoms with Crippen LogP contribution in [0.5, 0.6) is 0 Å². The lowest BCUT2D eigenvalue weighted by atomic mass is 10.1. The first-order valence-electron chi connectivity index (χ1n) is 5.95. The summed E-state index contributed by atoms with van der Waals surface area (Å²) in [6.07, 6.45) is -2.08. The molecule has 21 heavy (non-hydrogen) atoms. The minimum atomic E-state index is -1.04. The number of rotatable bonds is 3. The molecule has 114 valence electrons. The fraction of sp³-hybridized carbons (Fsp3) is 0.364. The molecule has 0 spiro atoms. The number of aliphatic hydroxyl groups is 2. The molecule has 1 fully saturated rings. The molecule has 5 N–H and O–H groups in total. The predicted octanol–water partition coefficient (Wildman–Crippen LogP) is -0.289. The Kier molecular flexibility index (Phi) is 4.28. The molecule has 1 aromatic rings. The molecule has 1 aliphatic heterocycles. The largest absolute Gasteiger partial charge is 0.388 e. The quantitative estimate of drug-likeness (QED) is 0.341. The first kappa shape index (κ1) is 15.4. The zero-order valence-corrected chi connectivity index (χ0v) is 11.4. The highest BCUT2D eigenvalue weighted by Crippen LogP contribution is 2.33. The molecule has 1 aliphatic rings. The summed E-state index contributed by atoms with van der Waals surface area (Å²) in [6, 6.07) is 2.28. The molecule has 2 atom stereocenters. The standard InChI is InChI=1S/C11H13ClN4O5/c12-6-1-5(2-7(16(20)21)10(6)14-13)11(19)15-3-8(17)9(18)4-15/h1-2,8-9,14,17-18H,3-4,13H2. The maximum atomic E-state index is 12.2. The topological polar surface area (TPSA) is 142 Å². The van der Waals surface area contributed by atoms with E-state index in [4.69, 9.17) is 17.4 Å². The van der Waals surface area contributed by atoms with Gasteiger partial charge in [0.05, 0.1) is 22.2 Å². The van der Waals surface area contributed by atoms with Gasteiger partial charge in [0, 0.05) is 24.7 Å². The first-order chi connectivity index (χ1) is 9.85. The highest BCUT2D eigenvalue weighted by atomic mass is 35.5. The second-order valence-electron chi connectivity index (χ2n) is 4.60. The van der Waals surface area contributed by atoms with Gasteiger partial charge in [-0.15, -0.1) is 0 Å². The van der Waals surface area contributed by atoms with Crippen molar-refractivity contribution in [3.05, 3.63) is 32.8 Å². The Hall–Kier alpha value is -1.94. The number of hydrogen-bond acceptors (Lipinski definition) is 7. The van der Waals surface area contributed by atoms with Crippen LogP contribution >= 0.6 is 11.6 Å². The van der Waals surface area contributed by atoms with Crippen molar-refractivity contribution in [2.24, 2.45) is 5.84 Å². The van der Waals surface area contributed by atoms with Gasteiger partial charge in [0.25, 0.3) is 11.6 Å². The second kappa shape index (κ2) is 5.82. The number of nitro groups is 1. The van der Waals surface area contributed by atoms with E-state index in [0.29, 0.717) is 0 Å². The maximum Gasteiger partial charge on any atom is 0.295 e. The van der Waals surface area contributed by atoms with Crippen LogP contribution in [0.1, 0.15) is 10.4 Å². The monoisotopic (exact) mass is 316 g/mol. The maximum absolute atomic E-state index is 12.2. The summed E-state index contributed by atoms with van der Waals surface area (Å²) in [5, 5.41) is 29.8. The van der Waals surface area contributed by atoms with Crippen molar-refractivity contribution < 1.29 is 19.9 Å². The van der Waals surface area contributed by atoms with Gasteiger partial charge in [-0.05, 0) is 6.07 Å². The number of carbonyl (C=O) groups is 1. The number of nitrogens with zero attached hydrogens (tertiary/aromatic N) is 2. The van der Waals surface area contributed by atoms with Gasteiger partial charge in [0.2, 0.25) is 0 Å². The molecular formula is C11H13ClN4O5. The first-order valence-corrected chi connectivity index (χ1v) is 6.33. The van der Waals surface area contributed by atoms with E-state index >= 15 is 0 Å². The van der Waals surface area contributed by atoms with Crippen LogP contribution in [-0.4, -0.2) is 51.2 Å². The number of benzene rings is 1. The summed E-state index contributed by atoms with van der Waals surface area (Å²) < 4.78 is 0. The lowest BCUT2D eigenvalue weighted by Gasteiger charge is -2.16. The zero-order valence-electron chi connectivity index (χ0n) is 10.7. The Labute approximate surface area is 124 Å². The van der Waals surface area contributed by atoms with Crippen LogP contribution in [0, 0.1) is 10.1 Å². The lowest BCUT2D eigenvalue weighted by molar-refractivity contribution is -0.384. The molecule has 1 heterocycles. The predicted molar refractivity (Wildman–Crippen MR) is 73.8 cm³/mol. The Morgan fingerprint density at radius 2 is 2.00 bits per heavy atom. The number of likely N-dealkylation sites (tertiary alicyclic amines) is 1. The average Bonchev–Trinajstić information content (AvgIpc) is 2.76. The van der Waals surface area contributed by atoms with Gasteiger partial charge in [-0.2, -0.15) is 0 Å². The van der Waals surface area contributed by atoms with Gasteiger partial charge in [0.1, 0.15) is 5.69 Å². The van der Waals surface area contributed by atoms with E-state index in [9.17, 15) is 25.1 Å². The number of β-amino-alcohol motifs (C(OH)–C–C–N with tert-alkyl or cyclic N) is 2. The van der Waals surface area contributed by atoms with Crippen LogP contribution in [0.2, 0.25) is 5.02 Å². The van der Waals surface area contributed by atoms with Crippen molar-refractivity contribution in [2.45, 2.75) is 12.2 Å². The number of nitrogen functional groups attached to an aromatic ring is 1. The van der Waals surface area contributed by atoms with Crippen molar-refractivity contribution in [1.82, 2.24) is 4.90 Å². The number of nitro benzene ring substituents is 1. The number of halogens is 1. The summed E-state index contributed by atoms with van der Waals surface area (Å²) in [4.78, 5) is 23.7. The number of hydrazine groups is 1. The SMILES string of the molecule is NNc1c(Cl)cc(C(=O)N2CC(O)C(O)C2)cc1[N+](=O)[O-]. The number of nitrogens with two attached hydrogens (primary N) is 1. The van der Waals surface area contributed by atoms with E-state index in [1.807, 2.05) is 0 Å². The number of nitrogens with one attached hydrogen (secondary N) is 1. The highest BCUT2D eigenvalue weighted by Gasteiger charge is 2.34. The Bertz CT molecular complexity index is 586. The molecule has 1 amide bonds. The van der Waals surface area contributed by atoms with Crippen LogP contribution in [0.4, 0.5) is 11.4 Å². The van der Waals surface area contributed by atoms with E-state index in [1.165, 1.54) is 11.0 Å². The molecule has 1 saturated heterocycles. The third-order valence-electron chi connectivity index (χ3n) is 3.20. The summed E-state index contributed by atoms with van der Waals surface area (Å²) in [5.41, 5.74) is 1.56. The number of hydrogen-bond donors (Lipinski definition) is 4. The molecule has 10 heteroatoms. The van der Waals surface area contributed by atoms with E-state index < -0.39 is 28.7 Å². The van der Waals surface area contributed by atoms with Crippen molar-refractivity contribution in [1.29, 1.82) is 0 Å². The minimum absolute atomic E-state index is 0.0213. The van der Waals surface area contributed by atoms with Gasteiger partial charge in [-0.25, -0.2) is 0 Å². The molecule has 1 aromatic carbocycles.